The van der Waals surface area contributed by atoms with Crippen LogP contribution in [0.1, 0.15) is 37.3 Å². The highest BCUT2D eigenvalue weighted by molar-refractivity contribution is 7.07. The molecule has 22 heavy (non-hydrogen) atoms. The van der Waals surface area contributed by atoms with Gasteiger partial charge in [-0.15, -0.1) is 0 Å². The molecule has 0 N–H and O–H groups in total. The minimum absolute atomic E-state index is 0.0722. The van der Waals surface area contributed by atoms with Gasteiger partial charge in [0.2, 0.25) is 11.8 Å². The largest absolute Gasteiger partial charge is 0.378 e. The van der Waals surface area contributed by atoms with E-state index in [-0.39, 0.29) is 17.9 Å². The van der Waals surface area contributed by atoms with Crippen molar-refractivity contribution in [2.75, 3.05) is 32.8 Å². The van der Waals surface area contributed by atoms with Crippen molar-refractivity contribution in [1.82, 2.24) is 9.80 Å². The monoisotopic (exact) mass is 322 g/mol. The average Bonchev–Trinajstić information content (AvgIpc) is 3.23. The molecular formula is C16H22N2O3S. The fraction of sp³-hybridized carbons (Fsp3) is 0.625. The van der Waals surface area contributed by atoms with Gasteiger partial charge in [0.05, 0.1) is 19.3 Å². The minimum atomic E-state index is 0.0722. The summed E-state index contributed by atoms with van der Waals surface area (Å²) in [6, 6.07) is 2.30. The smallest absolute Gasteiger partial charge is 0.223 e. The quantitative estimate of drug-likeness (QED) is 0.852. The molecule has 0 unspecified atom stereocenters. The SMILES string of the molecule is O=C(CCC(=O)N1CCC[C@@H]1c1ccsc1)N1CCOCC1. The molecule has 1 atom stereocenters. The number of carbonyl (C=O) groups excluding carboxylic acids is 2. The van der Waals surface area contributed by atoms with E-state index in [0.29, 0.717) is 39.1 Å². The zero-order valence-electron chi connectivity index (χ0n) is 12.7. The molecule has 0 aliphatic carbocycles. The average molecular weight is 322 g/mol. The standard InChI is InChI=1S/C16H22N2O3S/c19-15(17-7-9-21-10-8-17)3-4-16(20)18-6-1-2-14(18)13-5-11-22-12-13/h5,11-12,14H,1-4,6-10H2/t14-/m1/s1. The maximum absolute atomic E-state index is 12.5. The fourth-order valence-corrected chi connectivity index (χ4v) is 3.91. The number of ether oxygens (including phenoxy) is 1. The van der Waals surface area contributed by atoms with Gasteiger partial charge >= 0.3 is 0 Å². The zero-order valence-corrected chi connectivity index (χ0v) is 13.5. The highest BCUT2D eigenvalue weighted by Gasteiger charge is 2.30. The minimum Gasteiger partial charge on any atom is -0.378 e. The number of rotatable bonds is 4. The van der Waals surface area contributed by atoms with Crippen molar-refractivity contribution in [2.24, 2.45) is 0 Å². The van der Waals surface area contributed by atoms with Crippen molar-refractivity contribution < 1.29 is 14.3 Å². The van der Waals surface area contributed by atoms with Crippen molar-refractivity contribution in [3.8, 4) is 0 Å². The molecule has 0 spiro atoms. The van der Waals surface area contributed by atoms with E-state index in [2.05, 4.69) is 16.8 Å². The Bertz CT molecular complexity index is 511. The summed E-state index contributed by atoms with van der Waals surface area (Å²) in [6.07, 6.45) is 2.70. The summed E-state index contributed by atoms with van der Waals surface area (Å²) in [4.78, 5) is 28.4. The molecule has 0 saturated carbocycles. The molecule has 0 radical (unpaired) electrons. The number of amides is 2. The Balaban J connectivity index is 1.52. The lowest BCUT2D eigenvalue weighted by molar-refractivity contribution is -0.139. The summed E-state index contributed by atoms with van der Waals surface area (Å²) in [5.74, 6) is 0.179. The summed E-state index contributed by atoms with van der Waals surface area (Å²) in [6.45, 7) is 3.31. The molecule has 2 fully saturated rings. The Hall–Kier alpha value is -1.40. The van der Waals surface area contributed by atoms with Crippen LogP contribution in [0.4, 0.5) is 0 Å². The van der Waals surface area contributed by atoms with Crippen LogP contribution in [0, 0.1) is 0 Å². The molecule has 2 amide bonds. The normalized spacial score (nSPS) is 22.1. The summed E-state index contributed by atoms with van der Waals surface area (Å²) in [5.41, 5.74) is 1.23. The third-order valence-electron chi connectivity index (χ3n) is 4.42. The third kappa shape index (κ3) is 3.50. The molecule has 2 saturated heterocycles. The number of nitrogens with zero attached hydrogens (tertiary/aromatic N) is 2. The number of morpholine rings is 1. The highest BCUT2D eigenvalue weighted by atomic mass is 32.1. The molecule has 2 aliphatic heterocycles. The maximum Gasteiger partial charge on any atom is 0.223 e. The van der Waals surface area contributed by atoms with Crippen LogP contribution in [0.25, 0.3) is 0 Å². The molecule has 2 aliphatic rings. The zero-order chi connectivity index (χ0) is 15.4. The predicted molar refractivity (Wildman–Crippen MR) is 84.6 cm³/mol. The van der Waals surface area contributed by atoms with Crippen molar-refractivity contribution in [2.45, 2.75) is 31.7 Å². The van der Waals surface area contributed by atoms with Crippen LogP contribution in [0.5, 0.6) is 0 Å². The lowest BCUT2D eigenvalue weighted by Crippen LogP contribution is -2.41. The van der Waals surface area contributed by atoms with E-state index in [9.17, 15) is 9.59 Å². The number of hydrogen-bond donors (Lipinski definition) is 0. The van der Waals surface area contributed by atoms with Gasteiger partial charge in [0, 0.05) is 32.5 Å². The number of likely N-dealkylation sites (tertiary alicyclic amines) is 1. The Kier molecular flexibility index (Phi) is 5.10. The predicted octanol–water partition coefficient (Wildman–Crippen LogP) is 2.05. The molecule has 0 aromatic carbocycles. The van der Waals surface area contributed by atoms with Gasteiger partial charge in [0.15, 0.2) is 0 Å². The Morgan fingerprint density at radius 3 is 2.68 bits per heavy atom. The Morgan fingerprint density at radius 1 is 1.18 bits per heavy atom. The van der Waals surface area contributed by atoms with Crippen molar-refractivity contribution >= 4 is 23.2 Å². The maximum atomic E-state index is 12.5. The van der Waals surface area contributed by atoms with E-state index in [1.165, 1.54) is 5.56 Å². The lowest BCUT2D eigenvalue weighted by atomic mass is 10.1. The van der Waals surface area contributed by atoms with Gasteiger partial charge in [-0.05, 0) is 35.2 Å². The molecule has 5 nitrogen and oxygen atoms in total. The Labute approximate surface area is 134 Å². The first kappa shape index (κ1) is 15.5. The van der Waals surface area contributed by atoms with E-state index in [4.69, 9.17) is 4.74 Å². The number of hydrogen-bond acceptors (Lipinski definition) is 4. The van der Waals surface area contributed by atoms with E-state index >= 15 is 0 Å². The summed E-state index contributed by atoms with van der Waals surface area (Å²) in [7, 11) is 0. The van der Waals surface area contributed by atoms with Crippen molar-refractivity contribution in [3.63, 3.8) is 0 Å². The second kappa shape index (κ2) is 7.24. The summed E-state index contributed by atoms with van der Waals surface area (Å²) in [5, 5.41) is 4.17. The molecule has 120 valence electrons. The second-order valence-electron chi connectivity index (χ2n) is 5.80. The first-order valence-electron chi connectivity index (χ1n) is 7.93. The van der Waals surface area contributed by atoms with Crippen LogP contribution in [-0.2, 0) is 14.3 Å². The van der Waals surface area contributed by atoms with Crippen molar-refractivity contribution in [1.29, 1.82) is 0 Å². The molecule has 1 aromatic heterocycles. The molecular weight excluding hydrogens is 300 g/mol. The third-order valence-corrected chi connectivity index (χ3v) is 5.12. The van der Waals surface area contributed by atoms with E-state index in [0.717, 1.165) is 19.4 Å². The lowest BCUT2D eigenvalue weighted by Gasteiger charge is -2.28. The van der Waals surface area contributed by atoms with Gasteiger partial charge in [-0.3, -0.25) is 9.59 Å². The van der Waals surface area contributed by atoms with Crippen LogP contribution in [-0.4, -0.2) is 54.5 Å². The number of carbonyl (C=O) groups is 2. The van der Waals surface area contributed by atoms with E-state index < -0.39 is 0 Å². The van der Waals surface area contributed by atoms with Crippen LogP contribution < -0.4 is 0 Å². The van der Waals surface area contributed by atoms with Gasteiger partial charge in [0.25, 0.3) is 0 Å². The fourth-order valence-electron chi connectivity index (χ4n) is 3.20. The topological polar surface area (TPSA) is 49.9 Å². The number of thiophene rings is 1. The van der Waals surface area contributed by atoms with Crippen LogP contribution in [0.15, 0.2) is 16.8 Å². The van der Waals surface area contributed by atoms with Crippen LogP contribution >= 0.6 is 11.3 Å². The molecule has 0 bridgehead atoms. The van der Waals surface area contributed by atoms with E-state index in [1.54, 1.807) is 16.2 Å². The van der Waals surface area contributed by atoms with Gasteiger partial charge < -0.3 is 14.5 Å². The molecule has 3 heterocycles. The first-order chi connectivity index (χ1) is 10.8. The molecule has 6 heteroatoms. The van der Waals surface area contributed by atoms with Gasteiger partial charge in [-0.1, -0.05) is 0 Å². The Morgan fingerprint density at radius 2 is 1.95 bits per heavy atom. The second-order valence-corrected chi connectivity index (χ2v) is 6.58. The van der Waals surface area contributed by atoms with E-state index in [1.807, 2.05) is 4.90 Å². The van der Waals surface area contributed by atoms with Gasteiger partial charge in [-0.2, -0.15) is 11.3 Å². The first-order valence-corrected chi connectivity index (χ1v) is 8.87. The molecule has 1 aromatic rings. The van der Waals surface area contributed by atoms with Crippen molar-refractivity contribution in [3.05, 3.63) is 22.4 Å². The summed E-state index contributed by atoms with van der Waals surface area (Å²) >= 11 is 1.67. The van der Waals surface area contributed by atoms with Gasteiger partial charge in [0.1, 0.15) is 0 Å². The molecule has 3 rings (SSSR count). The van der Waals surface area contributed by atoms with Gasteiger partial charge in [-0.25, -0.2) is 0 Å². The van der Waals surface area contributed by atoms with Crippen LogP contribution in [0.3, 0.4) is 0 Å². The van der Waals surface area contributed by atoms with Crippen LogP contribution in [0.2, 0.25) is 0 Å². The summed E-state index contributed by atoms with van der Waals surface area (Å²) < 4.78 is 5.24. The highest BCUT2D eigenvalue weighted by Crippen LogP contribution is 2.33.